The summed E-state index contributed by atoms with van der Waals surface area (Å²) < 4.78 is 0. The van der Waals surface area contributed by atoms with Crippen LogP contribution in [0.1, 0.15) is 37.4 Å². The minimum absolute atomic E-state index is 0.263. The average molecular weight is 388 g/mol. The molecule has 148 valence electrons. The molecule has 0 unspecified atom stereocenters. The van der Waals surface area contributed by atoms with Crippen molar-refractivity contribution in [2.45, 2.75) is 20.8 Å². The van der Waals surface area contributed by atoms with E-state index < -0.39 is 0 Å². The summed E-state index contributed by atoms with van der Waals surface area (Å²) >= 11 is 0. The van der Waals surface area contributed by atoms with E-state index in [2.05, 4.69) is 10.6 Å². The second kappa shape index (κ2) is 8.06. The molecule has 0 aliphatic carbocycles. The fourth-order valence-electron chi connectivity index (χ4n) is 3.30. The highest BCUT2D eigenvalue weighted by molar-refractivity contribution is 6.08. The van der Waals surface area contributed by atoms with Crippen molar-refractivity contribution in [3.05, 3.63) is 82.4 Å². The molecular weight excluding hydrogens is 364 g/mol. The number of hydrogen-bond acceptors (Lipinski definition) is 4. The van der Waals surface area contributed by atoms with E-state index in [1.807, 2.05) is 26.8 Å². The highest BCUT2D eigenvalue weighted by Gasteiger charge is 2.17. The van der Waals surface area contributed by atoms with Gasteiger partial charge < -0.3 is 22.1 Å². The average Bonchev–Trinajstić information content (AvgIpc) is 2.68. The van der Waals surface area contributed by atoms with Gasteiger partial charge in [0.25, 0.3) is 11.8 Å². The minimum atomic E-state index is -0.263. The molecule has 0 aliphatic rings. The van der Waals surface area contributed by atoms with Crippen LogP contribution in [0.3, 0.4) is 0 Å². The summed E-state index contributed by atoms with van der Waals surface area (Å²) in [4.78, 5) is 25.4. The smallest absolute Gasteiger partial charge is 0.255 e. The van der Waals surface area contributed by atoms with E-state index in [1.165, 1.54) is 0 Å². The summed E-state index contributed by atoms with van der Waals surface area (Å²) in [6.45, 7) is 5.70. The molecule has 3 aromatic rings. The van der Waals surface area contributed by atoms with Gasteiger partial charge >= 0.3 is 0 Å². The number of rotatable bonds is 4. The number of aryl methyl sites for hydroxylation is 2. The molecule has 0 atom stereocenters. The van der Waals surface area contributed by atoms with Crippen LogP contribution in [0.4, 0.5) is 22.7 Å². The molecule has 0 aromatic heterocycles. The first-order chi connectivity index (χ1) is 13.8. The van der Waals surface area contributed by atoms with Gasteiger partial charge in [0, 0.05) is 33.9 Å². The Labute approximate surface area is 169 Å². The quantitative estimate of drug-likeness (QED) is 0.500. The van der Waals surface area contributed by atoms with Crippen LogP contribution in [0.25, 0.3) is 0 Å². The number of nitrogens with one attached hydrogen (secondary N) is 2. The SMILES string of the molecule is Cc1cc(C)c(NC(=O)c2cccc(N)c2)c(C)c1NC(=O)c1cccc(N)c1. The molecular formula is C23H24N4O2. The van der Waals surface area contributed by atoms with Gasteiger partial charge in [0.05, 0.1) is 0 Å². The van der Waals surface area contributed by atoms with Gasteiger partial charge in [-0.05, 0) is 73.9 Å². The van der Waals surface area contributed by atoms with E-state index in [0.29, 0.717) is 33.9 Å². The van der Waals surface area contributed by atoms with E-state index in [1.54, 1.807) is 48.5 Å². The summed E-state index contributed by atoms with van der Waals surface area (Å²) in [6, 6.07) is 15.5. The van der Waals surface area contributed by atoms with Gasteiger partial charge in [0.1, 0.15) is 0 Å². The summed E-state index contributed by atoms with van der Waals surface area (Å²) in [7, 11) is 0. The van der Waals surface area contributed by atoms with E-state index in [-0.39, 0.29) is 11.8 Å². The fourth-order valence-corrected chi connectivity index (χ4v) is 3.30. The molecule has 3 aromatic carbocycles. The van der Waals surface area contributed by atoms with Crippen LogP contribution >= 0.6 is 0 Å². The maximum absolute atomic E-state index is 12.7. The Balaban J connectivity index is 1.92. The number of carbonyl (C=O) groups is 2. The maximum atomic E-state index is 12.7. The molecule has 0 fully saturated rings. The van der Waals surface area contributed by atoms with Gasteiger partial charge in [-0.15, -0.1) is 0 Å². The van der Waals surface area contributed by atoms with Gasteiger partial charge in [-0.2, -0.15) is 0 Å². The van der Waals surface area contributed by atoms with Gasteiger partial charge in [0.15, 0.2) is 0 Å². The van der Waals surface area contributed by atoms with Crippen molar-refractivity contribution in [1.82, 2.24) is 0 Å². The number of hydrogen-bond donors (Lipinski definition) is 4. The summed E-state index contributed by atoms with van der Waals surface area (Å²) in [6.07, 6.45) is 0. The molecule has 29 heavy (non-hydrogen) atoms. The molecule has 6 nitrogen and oxygen atoms in total. The van der Waals surface area contributed by atoms with Gasteiger partial charge in [-0.1, -0.05) is 18.2 Å². The van der Waals surface area contributed by atoms with Crippen LogP contribution in [0.2, 0.25) is 0 Å². The van der Waals surface area contributed by atoms with E-state index >= 15 is 0 Å². The molecule has 6 heteroatoms. The van der Waals surface area contributed by atoms with Crippen molar-refractivity contribution >= 4 is 34.6 Å². The molecule has 0 aliphatic heterocycles. The Hall–Kier alpha value is -3.80. The van der Waals surface area contributed by atoms with Gasteiger partial charge in [-0.25, -0.2) is 0 Å². The molecule has 0 bridgehead atoms. The van der Waals surface area contributed by atoms with Crippen LogP contribution in [0, 0.1) is 20.8 Å². The van der Waals surface area contributed by atoms with Crippen molar-refractivity contribution < 1.29 is 9.59 Å². The number of carbonyl (C=O) groups excluding carboxylic acids is 2. The Kier molecular flexibility index (Phi) is 5.54. The van der Waals surface area contributed by atoms with Crippen LogP contribution in [0.15, 0.2) is 54.6 Å². The second-order valence-electron chi connectivity index (χ2n) is 7.04. The van der Waals surface area contributed by atoms with Crippen LogP contribution in [0.5, 0.6) is 0 Å². The molecule has 0 spiro atoms. The van der Waals surface area contributed by atoms with Crippen LogP contribution < -0.4 is 22.1 Å². The minimum Gasteiger partial charge on any atom is -0.399 e. The lowest BCUT2D eigenvalue weighted by molar-refractivity contribution is 0.101. The van der Waals surface area contributed by atoms with Gasteiger partial charge in [0.2, 0.25) is 0 Å². The Morgan fingerprint density at radius 2 is 1.10 bits per heavy atom. The van der Waals surface area contributed by atoms with Gasteiger partial charge in [-0.3, -0.25) is 9.59 Å². The van der Waals surface area contributed by atoms with Crippen LogP contribution in [-0.2, 0) is 0 Å². The lowest BCUT2D eigenvalue weighted by atomic mass is 10.0. The first kappa shape index (κ1) is 19.9. The van der Waals surface area contributed by atoms with Crippen molar-refractivity contribution in [1.29, 1.82) is 0 Å². The topological polar surface area (TPSA) is 110 Å². The lowest BCUT2D eigenvalue weighted by Gasteiger charge is -2.19. The summed E-state index contributed by atoms with van der Waals surface area (Å²) in [5.41, 5.74) is 17.4. The number of benzene rings is 3. The van der Waals surface area contributed by atoms with Crippen molar-refractivity contribution in [3.63, 3.8) is 0 Å². The predicted octanol–water partition coefficient (Wildman–Crippen LogP) is 4.28. The normalized spacial score (nSPS) is 10.4. The first-order valence-electron chi connectivity index (χ1n) is 9.21. The second-order valence-corrected chi connectivity index (χ2v) is 7.04. The highest BCUT2D eigenvalue weighted by Crippen LogP contribution is 2.32. The zero-order valence-corrected chi connectivity index (χ0v) is 16.7. The monoisotopic (exact) mass is 388 g/mol. The molecule has 2 amide bonds. The molecule has 0 saturated carbocycles. The number of nitrogen functional groups attached to an aromatic ring is 2. The zero-order chi connectivity index (χ0) is 21.1. The summed E-state index contributed by atoms with van der Waals surface area (Å²) in [5.74, 6) is -0.527. The number of nitrogens with two attached hydrogens (primary N) is 2. The highest BCUT2D eigenvalue weighted by atomic mass is 16.2. The molecule has 0 radical (unpaired) electrons. The van der Waals surface area contributed by atoms with E-state index in [0.717, 1.165) is 16.7 Å². The molecule has 0 heterocycles. The Morgan fingerprint density at radius 3 is 1.48 bits per heavy atom. The third-order valence-electron chi connectivity index (χ3n) is 4.75. The third-order valence-corrected chi connectivity index (χ3v) is 4.75. The fraction of sp³-hybridized carbons (Fsp3) is 0.130. The molecule has 0 saturated heterocycles. The first-order valence-corrected chi connectivity index (χ1v) is 9.21. The molecule has 6 N–H and O–H groups in total. The van der Waals surface area contributed by atoms with Crippen molar-refractivity contribution in [2.24, 2.45) is 0 Å². The number of amides is 2. The zero-order valence-electron chi connectivity index (χ0n) is 16.7. The lowest BCUT2D eigenvalue weighted by Crippen LogP contribution is -2.17. The largest absolute Gasteiger partial charge is 0.399 e. The maximum Gasteiger partial charge on any atom is 0.255 e. The van der Waals surface area contributed by atoms with Crippen molar-refractivity contribution in [3.8, 4) is 0 Å². The van der Waals surface area contributed by atoms with E-state index in [4.69, 9.17) is 11.5 Å². The van der Waals surface area contributed by atoms with E-state index in [9.17, 15) is 9.59 Å². The van der Waals surface area contributed by atoms with Crippen molar-refractivity contribution in [2.75, 3.05) is 22.1 Å². The predicted molar refractivity (Wildman–Crippen MR) is 118 cm³/mol. The van der Waals surface area contributed by atoms with Crippen LogP contribution in [-0.4, -0.2) is 11.8 Å². The third kappa shape index (κ3) is 4.38. The Morgan fingerprint density at radius 1 is 0.690 bits per heavy atom. The standard InChI is InChI=1S/C23H24N4O2/c1-13-10-14(2)21(27-23(29)17-7-5-9-19(25)12-17)15(3)20(13)26-22(28)16-6-4-8-18(24)11-16/h4-12H,24-25H2,1-3H3,(H,26,28)(H,27,29). The number of anilines is 4. The molecule has 3 rings (SSSR count). The Bertz CT molecular complexity index is 1020. The summed E-state index contributed by atoms with van der Waals surface area (Å²) in [5, 5.41) is 5.89.